The van der Waals surface area contributed by atoms with Crippen LogP contribution in [0.3, 0.4) is 0 Å². The van der Waals surface area contributed by atoms with Gasteiger partial charge in [0.2, 0.25) is 0 Å². The number of hydrogen-bond acceptors (Lipinski definition) is 7. The molecule has 0 spiro atoms. The monoisotopic (exact) mass is 385 g/mol. The summed E-state index contributed by atoms with van der Waals surface area (Å²) in [6, 6.07) is 11.3. The first kappa shape index (κ1) is 17.2. The smallest absolute Gasteiger partial charge is 0.416 e. The number of para-hydroxylation sites is 1. The van der Waals surface area contributed by atoms with Crippen LogP contribution < -0.4 is 0 Å². The van der Waals surface area contributed by atoms with E-state index >= 15 is 0 Å². The fraction of sp³-hybridized carbons (Fsp3) is 0.222. The van der Waals surface area contributed by atoms with Gasteiger partial charge in [-0.25, -0.2) is 19.2 Å². The second-order valence-corrected chi connectivity index (χ2v) is 6.93. The topological polar surface area (TPSA) is 90.7 Å². The largest absolute Gasteiger partial charge is 0.451 e. The molecular formula is C18H15N3O5S. The lowest BCUT2D eigenvalue weighted by Gasteiger charge is -2.10. The van der Waals surface area contributed by atoms with Gasteiger partial charge in [0.1, 0.15) is 16.3 Å². The number of rotatable bonds is 4. The zero-order valence-corrected chi connectivity index (χ0v) is 15.2. The van der Waals surface area contributed by atoms with Gasteiger partial charge >= 0.3 is 12.1 Å². The molecule has 1 aliphatic rings. The van der Waals surface area contributed by atoms with Crippen molar-refractivity contribution in [3.8, 4) is 5.69 Å². The van der Waals surface area contributed by atoms with Crippen LogP contribution in [0.5, 0.6) is 0 Å². The zero-order valence-electron chi connectivity index (χ0n) is 14.4. The van der Waals surface area contributed by atoms with E-state index in [1.807, 2.05) is 37.3 Å². The number of imide groups is 1. The minimum Gasteiger partial charge on any atom is -0.451 e. The van der Waals surface area contributed by atoms with E-state index in [-0.39, 0.29) is 13.2 Å². The molecular weight excluding hydrogens is 370 g/mol. The number of carbonyl (C=O) groups excluding carboxylic acids is 3. The van der Waals surface area contributed by atoms with Crippen LogP contribution in [0.4, 0.5) is 4.79 Å². The predicted molar refractivity (Wildman–Crippen MR) is 97.0 cm³/mol. The first-order chi connectivity index (χ1) is 13.0. The lowest BCUT2D eigenvalue weighted by molar-refractivity contribution is -0.131. The molecule has 0 radical (unpaired) electrons. The number of cyclic esters (lactones) is 1. The lowest BCUT2D eigenvalue weighted by atomic mass is 10.3. The number of aromatic nitrogens is 2. The quantitative estimate of drug-likeness (QED) is 0.641. The summed E-state index contributed by atoms with van der Waals surface area (Å²) >= 11 is 1.24. The molecule has 0 saturated carbocycles. The molecule has 1 aliphatic heterocycles. The molecule has 27 heavy (non-hydrogen) atoms. The summed E-state index contributed by atoms with van der Waals surface area (Å²) in [5.41, 5.74) is 1.68. The van der Waals surface area contributed by atoms with Crippen molar-refractivity contribution in [2.75, 3.05) is 19.8 Å². The molecule has 9 heteroatoms. The van der Waals surface area contributed by atoms with Crippen LogP contribution in [0.25, 0.3) is 15.9 Å². The molecule has 2 aromatic heterocycles. The molecule has 138 valence electrons. The lowest BCUT2D eigenvalue weighted by Crippen LogP contribution is -2.35. The van der Waals surface area contributed by atoms with Crippen molar-refractivity contribution in [2.45, 2.75) is 6.92 Å². The maximum atomic E-state index is 12.3. The zero-order chi connectivity index (χ0) is 19.0. The third kappa shape index (κ3) is 3.17. The first-order valence-corrected chi connectivity index (χ1v) is 9.05. The molecule has 0 atom stereocenters. The maximum absolute atomic E-state index is 12.3. The molecule has 0 N–H and O–H groups in total. The van der Waals surface area contributed by atoms with Crippen LogP contribution in [-0.4, -0.2) is 52.4 Å². The van der Waals surface area contributed by atoms with E-state index in [1.54, 1.807) is 10.7 Å². The minimum atomic E-state index is -0.712. The SMILES string of the molecule is Cc1nn(-c2ccccc2)c2sc(C(=O)OCC(=O)N3CCOC3=O)cc12. The molecule has 0 aliphatic carbocycles. The highest BCUT2D eigenvalue weighted by Gasteiger charge is 2.29. The second kappa shape index (κ2) is 6.84. The van der Waals surface area contributed by atoms with Crippen LogP contribution in [0.1, 0.15) is 15.4 Å². The van der Waals surface area contributed by atoms with Crippen LogP contribution in [0.2, 0.25) is 0 Å². The number of amides is 2. The number of nitrogens with zero attached hydrogens (tertiary/aromatic N) is 3. The Morgan fingerprint density at radius 2 is 2.07 bits per heavy atom. The Labute approximate surface area is 157 Å². The average Bonchev–Trinajstić information content (AvgIpc) is 3.37. The molecule has 2 amide bonds. The van der Waals surface area contributed by atoms with Gasteiger partial charge in [-0.2, -0.15) is 5.10 Å². The fourth-order valence-electron chi connectivity index (χ4n) is 2.79. The van der Waals surface area contributed by atoms with Crippen molar-refractivity contribution in [2.24, 2.45) is 0 Å². The molecule has 1 aromatic carbocycles. The Hall–Kier alpha value is -3.20. The van der Waals surface area contributed by atoms with Gasteiger partial charge < -0.3 is 9.47 Å². The average molecular weight is 385 g/mol. The van der Waals surface area contributed by atoms with E-state index in [0.717, 1.165) is 26.5 Å². The van der Waals surface area contributed by atoms with Crippen molar-refractivity contribution < 1.29 is 23.9 Å². The number of hydrogen-bond donors (Lipinski definition) is 0. The molecule has 8 nitrogen and oxygen atoms in total. The minimum absolute atomic E-state index is 0.157. The molecule has 3 aromatic rings. The van der Waals surface area contributed by atoms with Crippen molar-refractivity contribution in [1.82, 2.24) is 14.7 Å². The number of carbonyl (C=O) groups is 3. The van der Waals surface area contributed by atoms with E-state index in [4.69, 9.17) is 9.47 Å². The van der Waals surface area contributed by atoms with Gasteiger partial charge in [0, 0.05) is 5.39 Å². The molecule has 3 heterocycles. The molecule has 1 fully saturated rings. The van der Waals surface area contributed by atoms with Crippen molar-refractivity contribution in [3.05, 3.63) is 47.0 Å². The Morgan fingerprint density at radius 3 is 2.78 bits per heavy atom. The number of benzene rings is 1. The maximum Gasteiger partial charge on any atom is 0.416 e. The van der Waals surface area contributed by atoms with E-state index in [2.05, 4.69) is 5.10 Å². The molecule has 0 bridgehead atoms. The summed E-state index contributed by atoms with van der Waals surface area (Å²) in [7, 11) is 0. The van der Waals surface area contributed by atoms with Crippen LogP contribution >= 0.6 is 11.3 Å². The van der Waals surface area contributed by atoms with Gasteiger partial charge in [0.05, 0.1) is 17.9 Å². The second-order valence-electron chi connectivity index (χ2n) is 5.90. The van der Waals surface area contributed by atoms with Gasteiger partial charge in [-0.3, -0.25) is 4.79 Å². The molecule has 0 unspecified atom stereocenters. The highest BCUT2D eigenvalue weighted by molar-refractivity contribution is 7.20. The Morgan fingerprint density at radius 1 is 1.30 bits per heavy atom. The standard InChI is InChI=1S/C18H15N3O5S/c1-11-13-9-14(17(23)26-10-15(22)20-7-8-25-18(20)24)27-16(13)21(19-11)12-5-3-2-4-6-12/h2-6,9H,7-8,10H2,1H3. The van der Waals surface area contributed by atoms with Crippen LogP contribution in [0, 0.1) is 6.92 Å². The van der Waals surface area contributed by atoms with Crippen molar-refractivity contribution >= 4 is 39.5 Å². The van der Waals surface area contributed by atoms with Gasteiger partial charge in [-0.05, 0) is 25.1 Å². The van der Waals surface area contributed by atoms with Gasteiger partial charge in [-0.15, -0.1) is 11.3 Å². The third-order valence-corrected chi connectivity index (χ3v) is 5.23. The summed E-state index contributed by atoms with van der Waals surface area (Å²) in [4.78, 5) is 37.8. The Balaban J connectivity index is 1.53. The predicted octanol–water partition coefficient (Wildman–Crippen LogP) is 2.53. The summed E-state index contributed by atoms with van der Waals surface area (Å²) in [6.07, 6.45) is -0.712. The van der Waals surface area contributed by atoms with Gasteiger partial charge in [-0.1, -0.05) is 18.2 Å². The Kier molecular flexibility index (Phi) is 4.36. The number of esters is 1. The number of thiophene rings is 1. The fourth-order valence-corrected chi connectivity index (χ4v) is 3.86. The first-order valence-electron chi connectivity index (χ1n) is 8.23. The van der Waals surface area contributed by atoms with E-state index in [1.165, 1.54) is 11.3 Å². The highest BCUT2D eigenvalue weighted by atomic mass is 32.1. The van der Waals surface area contributed by atoms with Crippen LogP contribution in [-0.2, 0) is 14.3 Å². The number of aryl methyl sites for hydroxylation is 1. The summed E-state index contributed by atoms with van der Waals surface area (Å²) in [6.45, 7) is 1.69. The molecule has 1 saturated heterocycles. The Bertz CT molecular complexity index is 1040. The summed E-state index contributed by atoms with van der Waals surface area (Å²) in [5.74, 6) is -1.21. The third-order valence-electron chi connectivity index (χ3n) is 4.14. The van der Waals surface area contributed by atoms with Crippen molar-refractivity contribution in [1.29, 1.82) is 0 Å². The summed E-state index contributed by atoms with van der Waals surface area (Å²) in [5, 5.41) is 5.37. The van der Waals surface area contributed by atoms with Crippen molar-refractivity contribution in [3.63, 3.8) is 0 Å². The normalized spacial score (nSPS) is 13.8. The number of ether oxygens (including phenoxy) is 2. The molecule has 4 rings (SSSR count). The highest BCUT2D eigenvalue weighted by Crippen LogP contribution is 2.30. The number of fused-ring (bicyclic) bond motifs is 1. The van der Waals surface area contributed by atoms with Crippen LogP contribution in [0.15, 0.2) is 36.4 Å². The van der Waals surface area contributed by atoms with E-state index < -0.39 is 24.6 Å². The van der Waals surface area contributed by atoms with E-state index in [9.17, 15) is 14.4 Å². The van der Waals surface area contributed by atoms with E-state index in [0.29, 0.717) is 4.88 Å². The van der Waals surface area contributed by atoms with Gasteiger partial charge in [0.25, 0.3) is 5.91 Å². The summed E-state index contributed by atoms with van der Waals surface area (Å²) < 4.78 is 11.5. The van der Waals surface area contributed by atoms with Gasteiger partial charge in [0.15, 0.2) is 6.61 Å².